The Hall–Kier alpha value is -4.00. The number of nitrogens with one attached hydrogen (secondary N) is 1. The van der Waals surface area contributed by atoms with Gasteiger partial charge in [-0.05, 0) is 55.3 Å². The molecule has 3 aliphatic heterocycles. The summed E-state index contributed by atoms with van der Waals surface area (Å²) in [5, 5.41) is 13.1. The number of nitrogens with zero attached hydrogens (tertiary/aromatic N) is 7. The second-order valence-electron chi connectivity index (χ2n) is 10.0. The number of aromatic nitrogens is 3. The monoisotopic (exact) mass is 508 g/mol. The van der Waals surface area contributed by atoms with Crippen molar-refractivity contribution in [2.45, 2.75) is 24.9 Å². The van der Waals surface area contributed by atoms with Gasteiger partial charge in [0.1, 0.15) is 12.4 Å². The number of benzene rings is 2. The third-order valence-electron chi connectivity index (χ3n) is 7.77. The smallest absolute Gasteiger partial charge is 0.230 e. The van der Waals surface area contributed by atoms with Gasteiger partial charge in [-0.3, -0.25) is 4.90 Å². The Kier molecular flexibility index (Phi) is 6.90. The summed E-state index contributed by atoms with van der Waals surface area (Å²) >= 11 is 0. The highest BCUT2D eigenvalue weighted by Crippen LogP contribution is 2.32. The van der Waals surface area contributed by atoms with Crippen LogP contribution in [0.4, 0.5) is 23.0 Å². The average molecular weight is 509 g/mol. The molecule has 9 heteroatoms. The Bertz CT molecular complexity index is 1330. The number of anilines is 4. The van der Waals surface area contributed by atoms with Gasteiger partial charge in [0.25, 0.3) is 0 Å². The quantitative estimate of drug-likeness (QED) is 0.478. The second-order valence-corrected chi connectivity index (χ2v) is 10.0. The van der Waals surface area contributed by atoms with Crippen molar-refractivity contribution in [3.63, 3.8) is 0 Å². The van der Waals surface area contributed by atoms with Crippen LogP contribution in [0.2, 0.25) is 0 Å². The Balaban J connectivity index is 1.13. The van der Waals surface area contributed by atoms with E-state index in [1.807, 2.05) is 24.3 Å². The highest BCUT2D eigenvalue weighted by molar-refractivity contribution is 5.69. The van der Waals surface area contributed by atoms with Crippen molar-refractivity contribution in [3.8, 4) is 17.5 Å². The maximum Gasteiger partial charge on any atom is 0.230 e. The minimum Gasteiger partial charge on any atom is -0.378 e. The zero-order valence-electron chi connectivity index (χ0n) is 21.5. The van der Waals surface area contributed by atoms with Crippen molar-refractivity contribution in [1.82, 2.24) is 19.9 Å². The van der Waals surface area contributed by atoms with Gasteiger partial charge in [-0.1, -0.05) is 6.08 Å². The molecule has 3 fully saturated rings. The summed E-state index contributed by atoms with van der Waals surface area (Å²) in [6.07, 6.45) is 5.62. The third-order valence-corrected chi connectivity index (χ3v) is 7.77. The summed E-state index contributed by atoms with van der Waals surface area (Å²) in [5.41, 5.74) is 4.47. The fourth-order valence-corrected chi connectivity index (χ4v) is 5.51. The molecule has 4 heterocycles. The Morgan fingerprint density at radius 2 is 1.84 bits per heavy atom. The van der Waals surface area contributed by atoms with Gasteiger partial charge >= 0.3 is 0 Å². The Morgan fingerprint density at radius 3 is 2.55 bits per heavy atom. The van der Waals surface area contributed by atoms with Crippen LogP contribution in [0.15, 0.2) is 61.4 Å². The zero-order valence-corrected chi connectivity index (χ0v) is 21.5. The van der Waals surface area contributed by atoms with Crippen molar-refractivity contribution in [1.29, 1.82) is 5.26 Å². The molecular formula is C29H32N8O. The average Bonchev–Trinajstić information content (AvgIpc) is 3.42. The van der Waals surface area contributed by atoms with Gasteiger partial charge < -0.3 is 19.9 Å². The van der Waals surface area contributed by atoms with E-state index in [1.165, 1.54) is 12.0 Å². The molecule has 3 aliphatic rings. The zero-order chi connectivity index (χ0) is 25.9. The van der Waals surface area contributed by atoms with Gasteiger partial charge in [-0.2, -0.15) is 10.2 Å². The van der Waals surface area contributed by atoms with Crippen LogP contribution in [0.3, 0.4) is 0 Å². The summed E-state index contributed by atoms with van der Waals surface area (Å²) in [6, 6.07) is 17.4. The van der Waals surface area contributed by atoms with Crippen LogP contribution in [0.25, 0.3) is 11.4 Å². The lowest BCUT2D eigenvalue weighted by atomic mass is 10.1. The number of ether oxygens (including phenoxy) is 1. The molecule has 2 aromatic carbocycles. The molecule has 0 aliphatic carbocycles. The number of nitriles is 1. The predicted octanol–water partition coefficient (Wildman–Crippen LogP) is 3.83. The molecule has 0 saturated carbocycles. The van der Waals surface area contributed by atoms with Gasteiger partial charge in [0.05, 0.1) is 30.5 Å². The number of hydrogen-bond donors (Lipinski definition) is 1. The van der Waals surface area contributed by atoms with E-state index in [1.54, 1.807) is 0 Å². The van der Waals surface area contributed by atoms with E-state index in [0.717, 1.165) is 75.7 Å². The molecule has 1 atom stereocenters. The minimum absolute atomic E-state index is 0.263. The highest BCUT2D eigenvalue weighted by atomic mass is 16.5. The maximum absolute atomic E-state index is 9.85. The molecule has 0 bridgehead atoms. The van der Waals surface area contributed by atoms with E-state index in [4.69, 9.17) is 4.74 Å². The molecule has 0 spiro atoms. The van der Waals surface area contributed by atoms with Crippen LogP contribution in [-0.2, 0) is 4.74 Å². The van der Waals surface area contributed by atoms with Crippen molar-refractivity contribution in [2.24, 2.45) is 0 Å². The standard InChI is InChI=1S/C29H32N8O/c1-2-24-4-3-11-37(24)27-10-5-21(16-22(27)17-30)28-31-20-32-29(34-28)33-23-6-8-25(9-7-23)35-12-14-36(15-13-35)26-18-38-19-26/h2,5-10,16,20,24,26H,1,3-4,11-15,18-19H2,(H,31,32,33,34)/t24-/m0/s1. The third kappa shape index (κ3) is 4.93. The van der Waals surface area contributed by atoms with E-state index in [0.29, 0.717) is 23.4 Å². The van der Waals surface area contributed by atoms with Crippen molar-refractivity contribution >= 4 is 23.0 Å². The minimum atomic E-state index is 0.263. The van der Waals surface area contributed by atoms with E-state index < -0.39 is 0 Å². The maximum atomic E-state index is 9.85. The summed E-state index contributed by atoms with van der Waals surface area (Å²) in [7, 11) is 0. The SMILES string of the molecule is C=C[C@H]1CCCN1c1ccc(-c2ncnc(Nc3ccc(N4CCN(C5COC5)CC4)cc3)n2)cc1C#N. The molecular weight excluding hydrogens is 476 g/mol. The first-order valence-electron chi connectivity index (χ1n) is 13.3. The highest BCUT2D eigenvalue weighted by Gasteiger charge is 2.29. The first-order valence-corrected chi connectivity index (χ1v) is 13.3. The van der Waals surface area contributed by atoms with Crippen molar-refractivity contribution in [2.75, 3.05) is 61.1 Å². The largest absolute Gasteiger partial charge is 0.378 e. The van der Waals surface area contributed by atoms with Crippen LogP contribution >= 0.6 is 0 Å². The van der Waals surface area contributed by atoms with Crippen LogP contribution in [0, 0.1) is 11.3 Å². The van der Waals surface area contributed by atoms with Gasteiger partial charge in [-0.15, -0.1) is 6.58 Å². The Morgan fingerprint density at radius 1 is 1.03 bits per heavy atom. The molecule has 3 aromatic rings. The van der Waals surface area contributed by atoms with Gasteiger partial charge in [0.2, 0.25) is 5.95 Å². The number of piperazine rings is 1. The number of rotatable bonds is 7. The molecule has 194 valence electrons. The van der Waals surface area contributed by atoms with Crippen molar-refractivity contribution in [3.05, 3.63) is 67.0 Å². The molecule has 0 radical (unpaired) electrons. The van der Waals surface area contributed by atoms with Crippen LogP contribution < -0.4 is 15.1 Å². The molecule has 6 rings (SSSR count). The van der Waals surface area contributed by atoms with E-state index >= 15 is 0 Å². The first kappa shape index (κ1) is 24.3. The fourth-order valence-electron chi connectivity index (χ4n) is 5.51. The van der Waals surface area contributed by atoms with E-state index in [2.05, 4.69) is 71.9 Å². The van der Waals surface area contributed by atoms with E-state index in [9.17, 15) is 5.26 Å². The number of hydrogen-bond acceptors (Lipinski definition) is 9. The lowest BCUT2D eigenvalue weighted by molar-refractivity contribution is -0.0660. The lowest BCUT2D eigenvalue weighted by Crippen LogP contribution is -2.56. The molecule has 9 nitrogen and oxygen atoms in total. The molecule has 0 amide bonds. The van der Waals surface area contributed by atoms with Gasteiger partial charge in [0, 0.05) is 55.7 Å². The fraction of sp³-hybridized carbons (Fsp3) is 0.379. The topological polar surface area (TPSA) is 93.4 Å². The molecule has 1 N–H and O–H groups in total. The molecule has 0 unspecified atom stereocenters. The Labute approximate surface area is 223 Å². The van der Waals surface area contributed by atoms with Crippen LogP contribution in [0.5, 0.6) is 0 Å². The summed E-state index contributed by atoms with van der Waals surface area (Å²) < 4.78 is 5.34. The summed E-state index contributed by atoms with van der Waals surface area (Å²) in [5.74, 6) is 0.992. The first-order chi connectivity index (χ1) is 18.7. The van der Waals surface area contributed by atoms with Gasteiger partial charge in [0.15, 0.2) is 5.82 Å². The van der Waals surface area contributed by atoms with Crippen LogP contribution in [0.1, 0.15) is 18.4 Å². The molecule has 38 heavy (non-hydrogen) atoms. The molecule has 1 aromatic heterocycles. The van der Waals surface area contributed by atoms with Crippen LogP contribution in [-0.4, -0.2) is 77.9 Å². The van der Waals surface area contributed by atoms with Gasteiger partial charge in [-0.25, -0.2) is 9.97 Å². The predicted molar refractivity (Wildman–Crippen MR) is 149 cm³/mol. The molecule has 3 saturated heterocycles. The van der Waals surface area contributed by atoms with E-state index in [-0.39, 0.29) is 6.04 Å². The normalized spacial score (nSPS) is 20.1. The summed E-state index contributed by atoms with van der Waals surface area (Å²) in [6.45, 7) is 10.8. The second kappa shape index (κ2) is 10.8. The van der Waals surface area contributed by atoms with Crippen molar-refractivity contribution < 1.29 is 4.74 Å². The lowest BCUT2D eigenvalue weighted by Gasteiger charge is -2.43. The summed E-state index contributed by atoms with van der Waals surface area (Å²) in [4.78, 5) is 20.5.